The number of nitrogens with one attached hydrogen (secondary N) is 1. The number of likely N-dealkylation sites (tertiary alicyclic amines) is 1. The number of hydrogen-bond donors (Lipinski definition) is 1. The van der Waals surface area contributed by atoms with Gasteiger partial charge in [-0.1, -0.05) is 23.4 Å². The van der Waals surface area contributed by atoms with Gasteiger partial charge >= 0.3 is 0 Å². The molecule has 1 amide bonds. The highest BCUT2D eigenvalue weighted by Crippen LogP contribution is 2.22. The van der Waals surface area contributed by atoms with E-state index >= 15 is 0 Å². The molecular formula is C21H26N6O2. The number of carbonyl (C=O) groups is 1. The molecule has 1 atom stereocenters. The molecule has 2 aromatic heterocycles. The van der Waals surface area contributed by atoms with E-state index in [1.807, 2.05) is 59.1 Å². The Hall–Kier alpha value is -3.16. The second-order valence-corrected chi connectivity index (χ2v) is 7.45. The molecule has 8 nitrogen and oxygen atoms in total. The highest BCUT2D eigenvalue weighted by atomic mass is 16.5. The molecule has 1 aliphatic heterocycles. The molecule has 0 aliphatic carbocycles. The van der Waals surface area contributed by atoms with Gasteiger partial charge in [0.25, 0.3) is 5.91 Å². The first kappa shape index (κ1) is 19.2. The lowest BCUT2D eigenvalue weighted by atomic mass is 9.99. The highest BCUT2D eigenvalue weighted by Gasteiger charge is 2.28. The number of piperidine rings is 1. The SMILES string of the molecule is Cc1cc(C(=O)N2CCCCC2CCn2cc(COc3ccccc3)nn2)n[nH]1. The summed E-state index contributed by atoms with van der Waals surface area (Å²) in [6.45, 7) is 3.78. The number of aryl methyl sites for hydroxylation is 2. The van der Waals surface area contributed by atoms with Crippen LogP contribution in [-0.4, -0.2) is 48.6 Å². The Morgan fingerprint density at radius 1 is 1.28 bits per heavy atom. The zero-order valence-corrected chi connectivity index (χ0v) is 16.6. The molecule has 0 bridgehead atoms. The number of amides is 1. The molecule has 1 unspecified atom stereocenters. The Kier molecular flexibility index (Phi) is 5.88. The van der Waals surface area contributed by atoms with E-state index in [0.717, 1.165) is 49.4 Å². The van der Waals surface area contributed by atoms with Gasteiger partial charge in [-0.25, -0.2) is 0 Å². The van der Waals surface area contributed by atoms with Crippen molar-refractivity contribution in [3.05, 3.63) is 59.7 Å². The average molecular weight is 394 g/mol. The Morgan fingerprint density at radius 2 is 2.14 bits per heavy atom. The van der Waals surface area contributed by atoms with Crippen molar-refractivity contribution >= 4 is 5.91 Å². The fourth-order valence-electron chi connectivity index (χ4n) is 3.71. The molecule has 3 aromatic rings. The predicted octanol–water partition coefficient (Wildman–Crippen LogP) is 2.97. The largest absolute Gasteiger partial charge is 0.487 e. The van der Waals surface area contributed by atoms with Crippen LogP contribution in [0.5, 0.6) is 5.75 Å². The molecule has 29 heavy (non-hydrogen) atoms. The molecule has 1 fully saturated rings. The lowest BCUT2D eigenvalue weighted by Gasteiger charge is -2.35. The summed E-state index contributed by atoms with van der Waals surface area (Å²) in [5, 5.41) is 15.4. The summed E-state index contributed by atoms with van der Waals surface area (Å²) < 4.78 is 7.55. The standard InChI is InChI=1S/C21H26N6O2/c1-16-13-20(24-22-16)21(28)27-11-6-5-7-18(27)10-12-26-14-17(23-25-26)15-29-19-8-3-2-4-9-19/h2-4,8-9,13-14,18H,5-7,10-12,15H2,1H3,(H,22,24). The molecular weight excluding hydrogens is 368 g/mol. The first-order valence-electron chi connectivity index (χ1n) is 10.1. The van der Waals surface area contributed by atoms with Gasteiger partial charge in [0.15, 0.2) is 0 Å². The molecule has 1 aliphatic rings. The van der Waals surface area contributed by atoms with Crippen LogP contribution in [0.25, 0.3) is 0 Å². The topological polar surface area (TPSA) is 88.9 Å². The Bertz CT molecular complexity index is 936. The van der Waals surface area contributed by atoms with Crippen molar-refractivity contribution < 1.29 is 9.53 Å². The first-order chi connectivity index (χ1) is 14.2. The summed E-state index contributed by atoms with van der Waals surface area (Å²) in [5.41, 5.74) is 2.18. The molecule has 0 radical (unpaired) electrons. The van der Waals surface area contributed by atoms with Crippen LogP contribution in [0.4, 0.5) is 0 Å². The summed E-state index contributed by atoms with van der Waals surface area (Å²) in [7, 11) is 0. The van der Waals surface area contributed by atoms with Crippen LogP contribution < -0.4 is 4.74 Å². The third-order valence-electron chi connectivity index (χ3n) is 5.22. The van der Waals surface area contributed by atoms with Crippen molar-refractivity contribution in [2.75, 3.05) is 6.54 Å². The van der Waals surface area contributed by atoms with Crippen LogP contribution in [0.1, 0.15) is 47.6 Å². The number of carbonyl (C=O) groups excluding carboxylic acids is 1. The second-order valence-electron chi connectivity index (χ2n) is 7.45. The molecule has 0 saturated carbocycles. The van der Waals surface area contributed by atoms with E-state index in [4.69, 9.17) is 4.74 Å². The maximum Gasteiger partial charge on any atom is 0.274 e. The van der Waals surface area contributed by atoms with Gasteiger partial charge in [0.05, 0.1) is 6.20 Å². The van der Waals surface area contributed by atoms with Crippen molar-refractivity contribution in [2.45, 2.75) is 51.8 Å². The Labute approximate surface area is 169 Å². The molecule has 152 valence electrons. The zero-order chi connectivity index (χ0) is 20.1. The van der Waals surface area contributed by atoms with Gasteiger partial charge in [0.1, 0.15) is 23.7 Å². The van der Waals surface area contributed by atoms with E-state index in [-0.39, 0.29) is 11.9 Å². The summed E-state index contributed by atoms with van der Waals surface area (Å²) in [4.78, 5) is 14.8. The lowest BCUT2D eigenvalue weighted by Crippen LogP contribution is -2.44. The van der Waals surface area contributed by atoms with E-state index < -0.39 is 0 Å². The Balaban J connectivity index is 1.32. The van der Waals surface area contributed by atoms with E-state index in [1.54, 1.807) is 0 Å². The number of ether oxygens (including phenoxy) is 1. The third kappa shape index (κ3) is 4.82. The maximum absolute atomic E-state index is 12.9. The maximum atomic E-state index is 12.9. The number of nitrogens with zero attached hydrogens (tertiary/aromatic N) is 5. The number of hydrogen-bond acceptors (Lipinski definition) is 5. The number of rotatable bonds is 7. The number of aromatic amines is 1. The monoisotopic (exact) mass is 394 g/mol. The van der Waals surface area contributed by atoms with Gasteiger partial charge in [-0.2, -0.15) is 5.10 Å². The summed E-state index contributed by atoms with van der Waals surface area (Å²) in [6, 6.07) is 11.7. The van der Waals surface area contributed by atoms with Crippen molar-refractivity contribution in [3.8, 4) is 5.75 Å². The smallest absolute Gasteiger partial charge is 0.274 e. The number of H-pyrrole nitrogens is 1. The van der Waals surface area contributed by atoms with Crippen LogP contribution in [0.3, 0.4) is 0 Å². The number of benzene rings is 1. The molecule has 4 rings (SSSR count). The molecule has 1 aromatic carbocycles. The second kappa shape index (κ2) is 8.89. The first-order valence-corrected chi connectivity index (χ1v) is 10.1. The van der Waals surface area contributed by atoms with E-state index in [2.05, 4.69) is 20.5 Å². The minimum atomic E-state index is 0.00888. The van der Waals surface area contributed by atoms with Crippen molar-refractivity contribution in [3.63, 3.8) is 0 Å². The normalized spacial score (nSPS) is 16.7. The third-order valence-corrected chi connectivity index (χ3v) is 5.22. The van der Waals surface area contributed by atoms with E-state index in [0.29, 0.717) is 18.8 Å². The summed E-state index contributed by atoms with van der Waals surface area (Å²) >= 11 is 0. The molecule has 3 heterocycles. The van der Waals surface area contributed by atoms with E-state index in [9.17, 15) is 4.79 Å². The van der Waals surface area contributed by atoms with Gasteiger partial charge in [-0.05, 0) is 50.8 Å². The fraction of sp³-hybridized carbons (Fsp3) is 0.429. The van der Waals surface area contributed by atoms with E-state index in [1.165, 1.54) is 0 Å². The molecule has 1 N–H and O–H groups in total. The van der Waals surface area contributed by atoms with Crippen molar-refractivity contribution in [1.82, 2.24) is 30.1 Å². The summed E-state index contributed by atoms with van der Waals surface area (Å²) in [6.07, 6.45) is 5.94. The van der Waals surface area contributed by atoms with Crippen LogP contribution in [0, 0.1) is 6.92 Å². The van der Waals surface area contributed by atoms with Crippen LogP contribution in [0.15, 0.2) is 42.6 Å². The zero-order valence-electron chi connectivity index (χ0n) is 16.6. The van der Waals surface area contributed by atoms with Gasteiger partial charge in [0.2, 0.25) is 0 Å². The average Bonchev–Trinajstić information content (AvgIpc) is 3.40. The number of para-hydroxylation sites is 1. The van der Waals surface area contributed by atoms with Crippen LogP contribution in [-0.2, 0) is 13.2 Å². The van der Waals surface area contributed by atoms with Crippen LogP contribution >= 0.6 is 0 Å². The minimum Gasteiger partial charge on any atom is -0.487 e. The Morgan fingerprint density at radius 3 is 2.93 bits per heavy atom. The fourth-order valence-corrected chi connectivity index (χ4v) is 3.71. The van der Waals surface area contributed by atoms with Gasteiger partial charge in [0, 0.05) is 24.8 Å². The quantitative estimate of drug-likeness (QED) is 0.665. The molecule has 8 heteroatoms. The van der Waals surface area contributed by atoms with Crippen molar-refractivity contribution in [1.29, 1.82) is 0 Å². The summed E-state index contributed by atoms with van der Waals surface area (Å²) in [5.74, 6) is 0.821. The van der Waals surface area contributed by atoms with Crippen LogP contribution in [0.2, 0.25) is 0 Å². The van der Waals surface area contributed by atoms with Gasteiger partial charge in [-0.3, -0.25) is 14.6 Å². The predicted molar refractivity (Wildman–Crippen MR) is 107 cm³/mol. The molecule has 0 spiro atoms. The van der Waals surface area contributed by atoms with Crippen molar-refractivity contribution in [2.24, 2.45) is 0 Å². The lowest BCUT2D eigenvalue weighted by molar-refractivity contribution is 0.0587. The van der Waals surface area contributed by atoms with Gasteiger partial charge in [-0.15, -0.1) is 5.10 Å². The highest BCUT2D eigenvalue weighted by molar-refractivity contribution is 5.92. The minimum absolute atomic E-state index is 0.00888. The number of aromatic nitrogens is 5. The van der Waals surface area contributed by atoms with Gasteiger partial charge < -0.3 is 9.64 Å². The molecule has 1 saturated heterocycles.